The number of piperazine rings is 1. The van der Waals surface area contributed by atoms with E-state index in [1.807, 2.05) is 30.3 Å². The van der Waals surface area contributed by atoms with E-state index in [1.165, 1.54) is 0 Å². The normalized spacial score (nSPS) is 16.1. The van der Waals surface area contributed by atoms with Gasteiger partial charge < -0.3 is 9.84 Å². The molecule has 2 aromatic carbocycles. The number of anilines is 1. The molecule has 0 aliphatic carbocycles. The summed E-state index contributed by atoms with van der Waals surface area (Å²) in [7, 11) is 0. The maximum absolute atomic E-state index is 12.5. The fourth-order valence-corrected chi connectivity index (χ4v) is 4.53. The summed E-state index contributed by atoms with van der Waals surface area (Å²) in [4.78, 5) is 21.4. The molecule has 0 saturated carbocycles. The Morgan fingerprint density at radius 3 is 2.41 bits per heavy atom. The zero-order valence-electron chi connectivity index (χ0n) is 17.4. The lowest BCUT2D eigenvalue weighted by molar-refractivity contribution is -0.117. The van der Waals surface area contributed by atoms with E-state index in [2.05, 4.69) is 32.2 Å². The Bertz CT molecular complexity index is 1060. The quantitative estimate of drug-likeness (QED) is 0.519. The Morgan fingerprint density at radius 2 is 1.75 bits per heavy atom. The smallest absolute Gasteiger partial charge is 0.244 e. The molecule has 1 atom stereocenters. The molecule has 0 bridgehead atoms. The van der Waals surface area contributed by atoms with Crippen LogP contribution in [0.1, 0.15) is 18.9 Å². The second-order valence-electron chi connectivity index (χ2n) is 7.60. The lowest BCUT2D eigenvalue weighted by Crippen LogP contribution is -2.49. The largest absolute Gasteiger partial charge is 0.337 e. The van der Waals surface area contributed by atoms with Gasteiger partial charge in [-0.25, -0.2) is 0 Å². The van der Waals surface area contributed by atoms with Crippen LogP contribution in [0.25, 0.3) is 11.4 Å². The fourth-order valence-electron chi connectivity index (χ4n) is 3.62. The first-order valence-electron chi connectivity index (χ1n) is 10.2. The summed E-state index contributed by atoms with van der Waals surface area (Å²) >= 11 is 18.2. The Morgan fingerprint density at radius 1 is 1.09 bits per heavy atom. The van der Waals surface area contributed by atoms with Crippen LogP contribution in [0.2, 0.25) is 15.1 Å². The minimum atomic E-state index is -0.179. The van der Waals surface area contributed by atoms with E-state index in [9.17, 15) is 4.79 Å². The molecule has 1 fully saturated rings. The third-order valence-electron chi connectivity index (χ3n) is 5.42. The number of benzene rings is 2. The van der Waals surface area contributed by atoms with Crippen LogP contribution in [0.15, 0.2) is 47.0 Å². The first-order chi connectivity index (χ1) is 15.4. The van der Waals surface area contributed by atoms with Crippen molar-refractivity contribution in [3.8, 4) is 11.4 Å². The molecule has 1 amide bonds. The van der Waals surface area contributed by atoms with Crippen molar-refractivity contribution in [1.82, 2.24) is 19.9 Å². The molecular formula is C22H22Cl3N5O2. The molecule has 7 nitrogen and oxygen atoms in total. The van der Waals surface area contributed by atoms with Gasteiger partial charge in [0.1, 0.15) is 0 Å². The van der Waals surface area contributed by atoms with Crippen molar-refractivity contribution in [3.05, 3.63) is 63.4 Å². The number of nitrogens with zero attached hydrogens (tertiary/aromatic N) is 4. The summed E-state index contributed by atoms with van der Waals surface area (Å²) in [6.07, 6.45) is 0. The van der Waals surface area contributed by atoms with E-state index in [1.54, 1.807) is 12.1 Å². The first kappa shape index (κ1) is 23.0. The fraction of sp³-hybridized carbons (Fsp3) is 0.318. The number of hydrogen-bond acceptors (Lipinski definition) is 6. The van der Waals surface area contributed by atoms with Crippen molar-refractivity contribution in [2.75, 3.05) is 38.0 Å². The van der Waals surface area contributed by atoms with Crippen LogP contribution in [0.4, 0.5) is 5.69 Å². The van der Waals surface area contributed by atoms with Crippen LogP contribution in [0.5, 0.6) is 0 Å². The molecule has 32 heavy (non-hydrogen) atoms. The number of amides is 1. The Kier molecular flexibility index (Phi) is 7.33. The molecule has 1 aliphatic heterocycles. The van der Waals surface area contributed by atoms with E-state index in [4.69, 9.17) is 39.3 Å². The number of nitrogens with one attached hydrogen (secondary N) is 1. The van der Waals surface area contributed by atoms with Crippen molar-refractivity contribution in [2.45, 2.75) is 13.0 Å². The van der Waals surface area contributed by atoms with Gasteiger partial charge >= 0.3 is 0 Å². The Labute approximate surface area is 201 Å². The van der Waals surface area contributed by atoms with Crippen LogP contribution < -0.4 is 5.32 Å². The first-order valence-corrected chi connectivity index (χ1v) is 11.3. The van der Waals surface area contributed by atoms with E-state index >= 15 is 0 Å². The topological polar surface area (TPSA) is 74.5 Å². The highest BCUT2D eigenvalue weighted by Gasteiger charge is 2.27. The van der Waals surface area contributed by atoms with E-state index in [0.717, 1.165) is 31.7 Å². The highest BCUT2D eigenvalue weighted by atomic mass is 35.5. The molecule has 10 heteroatoms. The van der Waals surface area contributed by atoms with Gasteiger partial charge in [0.05, 0.1) is 28.3 Å². The minimum Gasteiger partial charge on any atom is -0.337 e. The average Bonchev–Trinajstić information content (AvgIpc) is 3.27. The summed E-state index contributed by atoms with van der Waals surface area (Å²) < 4.78 is 5.51. The summed E-state index contributed by atoms with van der Waals surface area (Å²) in [5, 5.41) is 7.93. The lowest BCUT2D eigenvalue weighted by atomic mass is 10.2. The minimum absolute atomic E-state index is 0.0115. The molecule has 1 aliphatic rings. The third kappa shape index (κ3) is 5.42. The van der Waals surface area contributed by atoms with Gasteiger partial charge in [-0.05, 0) is 19.1 Å². The van der Waals surface area contributed by atoms with Crippen LogP contribution in [0, 0.1) is 0 Å². The maximum atomic E-state index is 12.5. The molecule has 1 aromatic heterocycles. The van der Waals surface area contributed by atoms with Crippen molar-refractivity contribution in [1.29, 1.82) is 0 Å². The Hall–Kier alpha value is -2.16. The van der Waals surface area contributed by atoms with Crippen molar-refractivity contribution in [2.24, 2.45) is 0 Å². The number of rotatable bonds is 6. The molecule has 1 unspecified atom stereocenters. The third-order valence-corrected chi connectivity index (χ3v) is 6.24. The number of carbonyl (C=O) groups excluding carboxylic acids is 1. The van der Waals surface area contributed by atoms with E-state index in [-0.39, 0.29) is 18.5 Å². The molecule has 1 saturated heterocycles. The predicted octanol–water partition coefficient (Wildman–Crippen LogP) is 5.01. The molecule has 0 radical (unpaired) electrons. The lowest BCUT2D eigenvalue weighted by Gasteiger charge is -2.36. The molecule has 4 rings (SSSR count). The molecule has 168 valence electrons. The van der Waals surface area contributed by atoms with Gasteiger partial charge in [-0.2, -0.15) is 4.98 Å². The van der Waals surface area contributed by atoms with Crippen LogP contribution >= 0.6 is 34.8 Å². The molecule has 3 aromatic rings. The van der Waals surface area contributed by atoms with Gasteiger partial charge in [0.2, 0.25) is 17.6 Å². The zero-order chi connectivity index (χ0) is 22.7. The van der Waals surface area contributed by atoms with Crippen LogP contribution in [0.3, 0.4) is 0 Å². The summed E-state index contributed by atoms with van der Waals surface area (Å²) in [6, 6.07) is 12.8. The van der Waals surface area contributed by atoms with Crippen molar-refractivity contribution in [3.63, 3.8) is 0 Å². The average molecular weight is 495 g/mol. The van der Waals surface area contributed by atoms with Gasteiger partial charge in [-0.3, -0.25) is 14.6 Å². The molecule has 0 spiro atoms. The number of hydrogen-bond donors (Lipinski definition) is 1. The predicted molar refractivity (Wildman–Crippen MR) is 126 cm³/mol. The number of aromatic nitrogens is 2. The number of halogens is 3. The van der Waals surface area contributed by atoms with Crippen molar-refractivity contribution < 1.29 is 9.32 Å². The van der Waals surface area contributed by atoms with Gasteiger partial charge in [0.15, 0.2) is 0 Å². The molecular weight excluding hydrogens is 473 g/mol. The van der Waals surface area contributed by atoms with Gasteiger partial charge in [0.25, 0.3) is 0 Å². The van der Waals surface area contributed by atoms with E-state index in [0.29, 0.717) is 32.5 Å². The summed E-state index contributed by atoms with van der Waals surface area (Å²) in [5.74, 6) is 0.992. The monoisotopic (exact) mass is 493 g/mol. The standard InChI is InChI=1S/C22H22Cl3N5O2/c1-14(22-27-21(28-32-22)15-5-3-2-4-6-15)30-9-7-29(8-10-30)13-19(31)26-20-17(24)11-16(23)12-18(20)25/h2-6,11-12,14H,7-10,13H2,1H3,(H,26,31). The van der Waals surface area contributed by atoms with Crippen LogP contribution in [-0.2, 0) is 4.79 Å². The van der Waals surface area contributed by atoms with Gasteiger partial charge in [-0.15, -0.1) is 0 Å². The zero-order valence-corrected chi connectivity index (χ0v) is 19.7. The van der Waals surface area contributed by atoms with Crippen molar-refractivity contribution >= 4 is 46.4 Å². The highest BCUT2D eigenvalue weighted by molar-refractivity contribution is 6.42. The summed E-state index contributed by atoms with van der Waals surface area (Å²) in [6.45, 7) is 5.32. The highest BCUT2D eigenvalue weighted by Crippen LogP contribution is 2.33. The van der Waals surface area contributed by atoms with Gasteiger partial charge in [0, 0.05) is 36.8 Å². The molecule has 1 N–H and O–H groups in total. The maximum Gasteiger partial charge on any atom is 0.244 e. The summed E-state index contributed by atoms with van der Waals surface area (Å²) in [5.41, 5.74) is 1.30. The SMILES string of the molecule is CC(c1nc(-c2ccccc2)no1)N1CCN(CC(=O)Nc2c(Cl)cc(Cl)cc2Cl)CC1. The Balaban J connectivity index is 1.30. The second-order valence-corrected chi connectivity index (χ2v) is 8.85. The van der Waals surface area contributed by atoms with E-state index < -0.39 is 0 Å². The second kappa shape index (κ2) is 10.2. The molecule has 2 heterocycles. The van der Waals surface area contributed by atoms with Gasteiger partial charge in [-0.1, -0.05) is 70.3 Å². The van der Waals surface area contributed by atoms with Crippen LogP contribution in [-0.4, -0.2) is 58.6 Å². The number of carbonyl (C=O) groups is 1.